The topological polar surface area (TPSA) is 69.6 Å². The Balaban J connectivity index is 2.66. The molecule has 1 fully saturated rings. The van der Waals surface area contributed by atoms with Gasteiger partial charge in [0.1, 0.15) is 0 Å². The van der Waals surface area contributed by atoms with E-state index < -0.39 is 11.4 Å². The quantitative estimate of drug-likeness (QED) is 0.772. The molecule has 0 bridgehead atoms. The van der Waals surface area contributed by atoms with E-state index in [2.05, 4.69) is 5.32 Å². The number of carboxylic acids is 1. The maximum absolute atomic E-state index is 11.9. The third kappa shape index (κ3) is 3.02. The fraction of sp³-hybridized carbons (Fsp3) is 0.846. The molecule has 0 saturated carbocycles. The van der Waals surface area contributed by atoms with Gasteiger partial charge < -0.3 is 10.4 Å². The van der Waals surface area contributed by atoms with Gasteiger partial charge in [0.05, 0.1) is 11.5 Å². The molecule has 0 aromatic rings. The molecule has 0 aromatic heterocycles. The van der Waals surface area contributed by atoms with Gasteiger partial charge in [0.15, 0.2) is 0 Å². The molecule has 0 spiro atoms. The highest BCUT2D eigenvalue weighted by Crippen LogP contribution is 2.35. The van der Waals surface area contributed by atoms with Crippen LogP contribution in [0, 0.1) is 5.41 Å². The summed E-state index contributed by atoms with van der Waals surface area (Å²) in [5.74, 6) is -0.772. The Morgan fingerprint density at radius 3 is 2.39 bits per heavy atom. The van der Waals surface area contributed by atoms with E-state index in [0.29, 0.717) is 25.9 Å². The van der Waals surface area contributed by atoms with Crippen LogP contribution in [-0.2, 0) is 9.59 Å². The first kappa shape index (κ1) is 15.0. The number of aliphatic carboxylic acids is 1. The Hall–Kier alpha value is -1.10. The van der Waals surface area contributed by atoms with Gasteiger partial charge in [-0.15, -0.1) is 0 Å². The van der Waals surface area contributed by atoms with Gasteiger partial charge in [0, 0.05) is 19.1 Å². The zero-order valence-electron chi connectivity index (χ0n) is 11.7. The van der Waals surface area contributed by atoms with E-state index in [9.17, 15) is 14.7 Å². The molecular formula is C13H24N2O3. The number of nitrogens with zero attached hydrogens (tertiary/aromatic N) is 1. The van der Waals surface area contributed by atoms with Crippen molar-refractivity contribution in [2.45, 2.75) is 52.6 Å². The molecule has 18 heavy (non-hydrogen) atoms. The lowest BCUT2D eigenvalue weighted by Crippen LogP contribution is -2.47. The number of carbonyl (C=O) groups excluding carboxylic acids is 1. The van der Waals surface area contributed by atoms with Gasteiger partial charge in [-0.3, -0.25) is 14.5 Å². The third-order valence-electron chi connectivity index (χ3n) is 3.87. The van der Waals surface area contributed by atoms with Gasteiger partial charge in [-0.2, -0.15) is 0 Å². The largest absolute Gasteiger partial charge is 0.481 e. The van der Waals surface area contributed by atoms with Gasteiger partial charge in [-0.25, -0.2) is 0 Å². The Labute approximate surface area is 109 Å². The zero-order valence-corrected chi connectivity index (χ0v) is 11.7. The molecular weight excluding hydrogens is 232 g/mol. The number of amides is 1. The highest BCUT2D eigenvalue weighted by atomic mass is 16.4. The lowest BCUT2D eigenvalue weighted by atomic mass is 9.84. The molecule has 2 atom stereocenters. The second kappa shape index (κ2) is 5.69. The zero-order chi connectivity index (χ0) is 13.9. The van der Waals surface area contributed by atoms with Crippen molar-refractivity contribution >= 4 is 11.9 Å². The number of likely N-dealkylation sites (tertiary alicyclic amines) is 1. The fourth-order valence-electron chi connectivity index (χ4n) is 2.42. The monoisotopic (exact) mass is 256 g/mol. The maximum atomic E-state index is 11.9. The summed E-state index contributed by atoms with van der Waals surface area (Å²) in [4.78, 5) is 25.2. The highest BCUT2D eigenvalue weighted by molar-refractivity contribution is 5.82. The van der Waals surface area contributed by atoms with Crippen LogP contribution in [0.5, 0.6) is 0 Å². The number of nitrogens with one attached hydrogen (secondary N) is 1. The summed E-state index contributed by atoms with van der Waals surface area (Å²) >= 11 is 0. The van der Waals surface area contributed by atoms with E-state index in [1.54, 1.807) is 0 Å². The van der Waals surface area contributed by atoms with Crippen molar-refractivity contribution in [3.63, 3.8) is 0 Å². The Bertz CT molecular complexity index is 330. The molecule has 5 heteroatoms. The van der Waals surface area contributed by atoms with Crippen LogP contribution in [0.15, 0.2) is 0 Å². The smallest absolute Gasteiger partial charge is 0.310 e. The minimum atomic E-state index is -0.746. The first-order valence-corrected chi connectivity index (χ1v) is 6.60. The Morgan fingerprint density at radius 1 is 1.39 bits per heavy atom. The lowest BCUT2D eigenvalue weighted by molar-refractivity contribution is -0.148. The van der Waals surface area contributed by atoms with Crippen molar-refractivity contribution in [1.29, 1.82) is 0 Å². The summed E-state index contributed by atoms with van der Waals surface area (Å²) in [5, 5.41) is 12.2. The maximum Gasteiger partial charge on any atom is 0.310 e. The first-order chi connectivity index (χ1) is 8.32. The summed E-state index contributed by atoms with van der Waals surface area (Å²) in [5.41, 5.74) is -0.674. The second-order valence-corrected chi connectivity index (χ2v) is 5.50. The average molecular weight is 256 g/mol. The van der Waals surface area contributed by atoms with Crippen LogP contribution in [0.2, 0.25) is 0 Å². The molecule has 2 unspecified atom stereocenters. The van der Waals surface area contributed by atoms with Crippen LogP contribution < -0.4 is 5.32 Å². The first-order valence-electron chi connectivity index (χ1n) is 6.60. The van der Waals surface area contributed by atoms with Crippen molar-refractivity contribution in [2.75, 3.05) is 13.1 Å². The molecule has 1 rings (SSSR count). The van der Waals surface area contributed by atoms with Crippen molar-refractivity contribution in [3.8, 4) is 0 Å². The van der Waals surface area contributed by atoms with E-state index >= 15 is 0 Å². The number of hydrogen-bond acceptors (Lipinski definition) is 3. The van der Waals surface area contributed by atoms with Crippen LogP contribution in [0.3, 0.4) is 0 Å². The van der Waals surface area contributed by atoms with E-state index in [1.807, 2.05) is 32.6 Å². The van der Waals surface area contributed by atoms with Gasteiger partial charge in [0.2, 0.25) is 5.91 Å². The summed E-state index contributed by atoms with van der Waals surface area (Å²) < 4.78 is 0. The number of carbonyl (C=O) groups is 2. The minimum Gasteiger partial charge on any atom is -0.481 e. The molecule has 1 amide bonds. The van der Waals surface area contributed by atoms with Crippen molar-refractivity contribution in [1.82, 2.24) is 10.2 Å². The number of carboxylic acid groups (broad SMARTS) is 1. The Morgan fingerprint density at radius 2 is 2.00 bits per heavy atom. The molecule has 0 aliphatic carbocycles. The van der Waals surface area contributed by atoms with Gasteiger partial charge >= 0.3 is 5.97 Å². The molecule has 1 heterocycles. The lowest BCUT2D eigenvalue weighted by Gasteiger charge is -2.27. The van der Waals surface area contributed by atoms with Crippen LogP contribution in [0.1, 0.15) is 40.5 Å². The van der Waals surface area contributed by atoms with Crippen molar-refractivity contribution < 1.29 is 14.7 Å². The van der Waals surface area contributed by atoms with Crippen molar-refractivity contribution in [2.24, 2.45) is 5.41 Å². The van der Waals surface area contributed by atoms with Gasteiger partial charge in [-0.05, 0) is 33.6 Å². The van der Waals surface area contributed by atoms with E-state index in [1.165, 1.54) is 0 Å². The molecule has 5 nitrogen and oxygen atoms in total. The summed E-state index contributed by atoms with van der Waals surface area (Å²) in [7, 11) is 0. The molecule has 2 N–H and O–H groups in total. The average Bonchev–Trinajstić information content (AvgIpc) is 2.72. The Kier molecular flexibility index (Phi) is 4.73. The molecule has 0 radical (unpaired) electrons. The molecule has 1 aliphatic heterocycles. The van der Waals surface area contributed by atoms with Gasteiger partial charge in [0.25, 0.3) is 0 Å². The molecule has 1 saturated heterocycles. The number of rotatable bonds is 5. The summed E-state index contributed by atoms with van der Waals surface area (Å²) in [6.45, 7) is 8.71. The molecule has 1 aliphatic rings. The molecule has 0 aromatic carbocycles. The predicted molar refractivity (Wildman–Crippen MR) is 69.3 cm³/mol. The summed E-state index contributed by atoms with van der Waals surface area (Å²) in [6.07, 6.45) is 1.23. The van der Waals surface area contributed by atoms with Crippen LogP contribution in [0.25, 0.3) is 0 Å². The van der Waals surface area contributed by atoms with Crippen molar-refractivity contribution in [3.05, 3.63) is 0 Å². The minimum absolute atomic E-state index is 0.0257. The van der Waals surface area contributed by atoms with Crippen LogP contribution in [0.4, 0.5) is 0 Å². The molecule has 104 valence electrons. The van der Waals surface area contributed by atoms with Crippen LogP contribution >= 0.6 is 0 Å². The standard InChI is InChI=1S/C13H24N2O3/c1-5-13(12(17)18)6-7-15(8-13)10(4)11(16)14-9(2)3/h9-10H,5-8H2,1-4H3,(H,14,16)(H,17,18). The van der Waals surface area contributed by atoms with Gasteiger partial charge in [-0.1, -0.05) is 6.92 Å². The second-order valence-electron chi connectivity index (χ2n) is 5.50. The fourth-order valence-corrected chi connectivity index (χ4v) is 2.42. The van der Waals surface area contributed by atoms with E-state index in [0.717, 1.165) is 0 Å². The highest BCUT2D eigenvalue weighted by Gasteiger charge is 2.45. The normalized spacial score (nSPS) is 26.3. The third-order valence-corrected chi connectivity index (χ3v) is 3.87. The summed E-state index contributed by atoms with van der Waals surface area (Å²) in [6, 6.07) is -0.155. The SMILES string of the molecule is CCC1(C(=O)O)CCN(C(C)C(=O)NC(C)C)C1. The van der Waals surface area contributed by atoms with E-state index in [4.69, 9.17) is 0 Å². The van der Waals surface area contributed by atoms with E-state index in [-0.39, 0.29) is 18.0 Å². The van der Waals surface area contributed by atoms with Crippen LogP contribution in [-0.4, -0.2) is 47.1 Å². The number of hydrogen-bond donors (Lipinski definition) is 2. The predicted octanol–water partition coefficient (Wildman–Crippen LogP) is 1.09.